The van der Waals surface area contributed by atoms with Crippen LogP contribution in [0, 0.1) is 5.41 Å². The molecular formula is C14H18N2O2. The van der Waals surface area contributed by atoms with Crippen molar-refractivity contribution in [2.75, 3.05) is 19.8 Å². The summed E-state index contributed by atoms with van der Waals surface area (Å²) in [5.74, 6) is 0. The van der Waals surface area contributed by atoms with Crippen molar-refractivity contribution in [3.63, 3.8) is 0 Å². The summed E-state index contributed by atoms with van der Waals surface area (Å²) in [5.41, 5.74) is 8.31. The van der Waals surface area contributed by atoms with Gasteiger partial charge in [0.2, 0.25) is 0 Å². The van der Waals surface area contributed by atoms with E-state index in [4.69, 9.17) is 10.5 Å². The third kappa shape index (κ3) is 1.50. The van der Waals surface area contributed by atoms with Gasteiger partial charge in [0.15, 0.2) is 0 Å². The number of para-hydroxylation sites is 1. The van der Waals surface area contributed by atoms with Crippen LogP contribution in [-0.2, 0) is 11.8 Å². The molecule has 96 valence electrons. The van der Waals surface area contributed by atoms with E-state index < -0.39 is 0 Å². The molecule has 0 amide bonds. The number of aliphatic hydroxyl groups excluding tert-OH is 1. The Labute approximate surface area is 106 Å². The number of fused-ring (bicyclic) bond motifs is 1. The lowest BCUT2D eigenvalue weighted by molar-refractivity contribution is -0.150. The van der Waals surface area contributed by atoms with Crippen molar-refractivity contribution in [3.05, 3.63) is 36.0 Å². The lowest BCUT2D eigenvalue weighted by Gasteiger charge is -2.44. The minimum absolute atomic E-state index is 0.0669. The molecule has 1 aliphatic heterocycles. The molecule has 1 atom stereocenters. The van der Waals surface area contributed by atoms with Crippen molar-refractivity contribution in [3.8, 4) is 0 Å². The van der Waals surface area contributed by atoms with Crippen molar-refractivity contribution in [1.82, 2.24) is 4.57 Å². The van der Waals surface area contributed by atoms with Crippen LogP contribution in [0.15, 0.2) is 30.5 Å². The molecule has 4 nitrogen and oxygen atoms in total. The minimum atomic E-state index is -0.315. The Kier molecular flexibility index (Phi) is 2.66. The lowest BCUT2D eigenvalue weighted by atomic mass is 9.76. The molecule has 3 rings (SSSR count). The lowest BCUT2D eigenvalue weighted by Crippen LogP contribution is -2.52. The first kappa shape index (κ1) is 11.7. The quantitative estimate of drug-likeness (QED) is 0.855. The number of nitrogens with two attached hydrogens (primary N) is 1. The standard InChI is InChI=1S/C14H18N2O2/c1-16-6-11(10-4-2-3-5-12(10)16)13(15)14(7-17)8-18-9-14/h2-6,13,17H,7-9,15H2,1H3. The van der Waals surface area contributed by atoms with E-state index in [2.05, 4.69) is 22.9 Å². The summed E-state index contributed by atoms with van der Waals surface area (Å²) in [6.45, 7) is 1.14. The van der Waals surface area contributed by atoms with Crippen molar-refractivity contribution < 1.29 is 9.84 Å². The van der Waals surface area contributed by atoms with E-state index >= 15 is 0 Å². The monoisotopic (exact) mass is 246 g/mol. The average molecular weight is 246 g/mol. The number of hydrogen-bond acceptors (Lipinski definition) is 3. The third-order valence-electron chi connectivity index (χ3n) is 4.02. The Balaban J connectivity index is 2.09. The van der Waals surface area contributed by atoms with Crippen LogP contribution in [0.2, 0.25) is 0 Å². The number of nitrogens with zero attached hydrogens (tertiary/aromatic N) is 1. The zero-order valence-corrected chi connectivity index (χ0v) is 10.5. The van der Waals surface area contributed by atoms with Crippen LogP contribution < -0.4 is 5.73 Å². The number of aryl methyl sites for hydroxylation is 1. The van der Waals surface area contributed by atoms with Crippen LogP contribution in [0.3, 0.4) is 0 Å². The van der Waals surface area contributed by atoms with E-state index in [0.29, 0.717) is 13.2 Å². The summed E-state index contributed by atoms with van der Waals surface area (Å²) in [7, 11) is 2.02. The summed E-state index contributed by atoms with van der Waals surface area (Å²) >= 11 is 0. The molecule has 1 saturated heterocycles. The Morgan fingerprint density at radius 3 is 2.78 bits per heavy atom. The van der Waals surface area contributed by atoms with Crippen LogP contribution in [0.5, 0.6) is 0 Å². The summed E-state index contributed by atoms with van der Waals surface area (Å²) in [5, 5.41) is 10.7. The summed E-state index contributed by atoms with van der Waals surface area (Å²) in [6.07, 6.45) is 2.06. The van der Waals surface area contributed by atoms with Crippen LogP contribution in [0.4, 0.5) is 0 Å². The van der Waals surface area contributed by atoms with E-state index in [9.17, 15) is 5.11 Å². The molecule has 1 aliphatic rings. The molecule has 0 bridgehead atoms. The van der Waals surface area contributed by atoms with Gasteiger partial charge in [-0.25, -0.2) is 0 Å². The Hall–Kier alpha value is -1.36. The van der Waals surface area contributed by atoms with Gasteiger partial charge in [-0.15, -0.1) is 0 Å². The highest BCUT2D eigenvalue weighted by molar-refractivity contribution is 5.84. The molecule has 18 heavy (non-hydrogen) atoms. The van der Waals surface area contributed by atoms with Gasteiger partial charge in [0.05, 0.1) is 25.2 Å². The highest BCUT2D eigenvalue weighted by atomic mass is 16.5. The van der Waals surface area contributed by atoms with Crippen LogP contribution in [-0.4, -0.2) is 29.5 Å². The van der Waals surface area contributed by atoms with Gasteiger partial charge >= 0.3 is 0 Å². The maximum absolute atomic E-state index is 9.58. The molecule has 1 aromatic heterocycles. The van der Waals surface area contributed by atoms with E-state index in [1.54, 1.807) is 0 Å². The molecule has 2 aromatic rings. The number of rotatable bonds is 3. The fourth-order valence-corrected chi connectivity index (χ4v) is 2.68. The van der Waals surface area contributed by atoms with Crippen molar-refractivity contribution >= 4 is 10.9 Å². The largest absolute Gasteiger partial charge is 0.396 e. The number of benzene rings is 1. The molecule has 0 radical (unpaired) electrons. The SMILES string of the molecule is Cn1cc(C(N)C2(CO)COC2)c2ccccc21. The van der Waals surface area contributed by atoms with Gasteiger partial charge in [-0.1, -0.05) is 18.2 Å². The molecule has 1 fully saturated rings. The summed E-state index contributed by atoms with van der Waals surface area (Å²) in [4.78, 5) is 0. The normalized spacial score (nSPS) is 19.7. The van der Waals surface area contributed by atoms with Gasteiger partial charge in [0, 0.05) is 30.2 Å². The number of aliphatic hydroxyl groups is 1. The van der Waals surface area contributed by atoms with E-state index in [1.807, 2.05) is 19.2 Å². The van der Waals surface area contributed by atoms with Crippen molar-refractivity contribution in [1.29, 1.82) is 0 Å². The molecule has 0 aliphatic carbocycles. The number of ether oxygens (including phenoxy) is 1. The number of aromatic nitrogens is 1. The molecule has 0 saturated carbocycles. The van der Waals surface area contributed by atoms with Gasteiger partial charge in [-0.05, 0) is 11.6 Å². The smallest absolute Gasteiger partial charge is 0.0595 e. The summed E-state index contributed by atoms with van der Waals surface area (Å²) in [6, 6.07) is 8.00. The number of hydrogen-bond donors (Lipinski definition) is 2. The molecular weight excluding hydrogens is 228 g/mol. The minimum Gasteiger partial charge on any atom is -0.396 e. The van der Waals surface area contributed by atoms with E-state index in [-0.39, 0.29) is 18.1 Å². The molecule has 0 spiro atoms. The van der Waals surface area contributed by atoms with Crippen LogP contribution in [0.25, 0.3) is 10.9 Å². The second-order valence-electron chi connectivity index (χ2n) is 5.20. The zero-order valence-electron chi connectivity index (χ0n) is 10.5. The zero-order chi connectivity index (χ0) is 12.8. The van der Waals surface area contributed by atoms with Gasteiger partial charge in [0.25, 0.3) is 0 Å². The Morgan fingerprint density at radius 1 is 1.44 bits per heavy atom. The first-order valence-corrected chi connectivity index (χ1v) is 6.16. The van der Waals surface area contributed by atoms with Crippen molar-refractivity contribution in [2.24, 2.45) is 18.2 Å². The predicted octanol–water partition coefficient (Wildman–Crippen LogP) is 1.19. The molecule has 3 N–H and O–H groups in total. The highest BCUT2D eigenvalue weighted by Gasteiger charge is 2.45. The van der Waals surface area contributed by atoms with Gasteiger partial charge in [-0.2, -0.15) is 0 Å². The maximum Gasteiger partial charge on any atom is 0.0595 e. The second kappa shape index (κ2) is 4.09. The molecule has 1 unspecified atom stereocenters. The fourth-order valence-electron chi connectivity index (χ4n) is 2.68. The Bertz CT molecular complexity index is 567. The van der Waals surface area contributed by atoms with Crippen molar-refractivity contribution in [2.45, 2.75) is 6.04 Å². The van der Waals surface area contributed by atoms with E-state index in [0.717, 1.165) is 16.5 Å². The van der Waals surface area contributed by atoms with E-state index in [1.165, 1.54) is 0 Å². The Morgan fingerprint density at radius 2 is 2.17 bits per heavy atom. The fraction of sp³-hybridized carbons (Fsp3) is 0.429. The first-order chi connectivity index (χ1) is 8.68. The van der Waals surface area contributed by atoms with Crippen LogP contribution >= 0.6 is 0 Å². The molecule has 4 heteroatoms. The average Bonchev–Trinajstić information content (AvgIpc) is 2.67. The third-order valence-corrected chi connectivity index (χ3v) is 4.02. The topological polar surface area (TPSA) is 60.4 Å². The van der Waals surface area contributed by atoms with Gasteiger partial charge in [0.1, 0.15) is 0 Å². The maximum atomic E-state index is 9.58. The molecule has 2 heterocycles. The van der Waals surface area contributed by atoms with Gasteiger partial charge in [-0.3, -0.25) is 0 Å². The second-order valence-corrected chi connectivity index (χ2v) is 5.20. The first-order valence-electron chi connectivity index (χ1n) is 6.16. The summed E-state index contributed by atoms with van der Waals surface area (Å²) < 4.78 is 7.32. The van der Waals surface area contributed by atoms with Crippen LogP contribution in [0.1, 0.15) is 11.6 Å². The molecule has 1 aromatic carbocycles. The predicted molar refractivity (Wildman–Crippen MR) is 70.2 cm³/mol. The highest BCUT2D eigenvalue weighted by Crippen LogP contribution is 2.41. The van der Waals surface area contributed by atoms with Gasteiger partial charge < -0.3 is 20.1 Å².